The van der Waals surface area contributed by atoms with E-state index in [9.17, 15) is 4.39 Å². The third kappa shape index (κ3) is 2.47. The van der Waals surface area contributed by atoms with Crippen molar-refractivity contribution in [1.82, 2.24) is 0 Å². The number of halogens is 1. The number of hydrogen-bond donors (Lipinski definition) is 1. The highest BCUT2D eigenvalue weighted by molar-refractivity contribution is 5.60. The Bertz CT molecular complexity index is 613. The Morgan fingerprint density at radius 2 is 2.16 bits per heavy atom. The molecule has 3 nitrogen and oxygen atoms in total. The van der Waals surface area contributed by atoms with E-state index >= 15 is 0 Å². The number of hydrogen-bond acceptors (Lipinski definition) is 3. The fraction of sp³-hybridized carbons (Fsp3) is 0.200. The van der Waals surface area contributed by atoms with Gasteiger partial charge in [0.15, 0.2) is 0 Å². The van der Waals surface area contributed by atoms with E-state index in [1.54, 1.807) is 12.1 Å². The Hall–Kier alpha value is -2.23. The molecule has 0 aliphatic carbocycles. The summed E-state index contributed by atoms with van der Waals surface area (Å²) in [6.07, 6.45) is 0.868. The first-order valence-corrected chi connectivity index (χ1v) is 6.15. The monoisotopic (exact) mass is 259 g/mol. The maximum atomic E-state index is 13.0. The average molecular weight is 259 g/mol. The summed E-state index contributed by atoms with van der Waals surface area (Å²) in [4.78, 5) is 0. The number of rotatable bonds is 3. The Labute approximate surface area is 110 Å². The van der Waals surface area contributed by atoms with E-state index in [-0.39, 0.29) is 5.82 Å². The summed E-state index contributed by atoms with van der Waals surface area (Å²) in [5.41, 5.74) is 8.63. The van der Waals surface area contributed by atoms with Crippen molar-refractivity contribution in [3.05, 3.63) is 53.3 Å². The van der Waals surface area contributed by atoms with Crippen molar-refractivity contribution in [3.63, 3.8) is 0 Å². The minimum absolute atomic E-state index is 0.306. The van der Waals surface area contributed by atoms with Gasteiger partial charge in [0, 0.05) is 18.1 Å². The molecular weight excluding hydrogens is 245 g/mol. The van der Waals surface area contributed by atoms with Gasteiger partial charge >= 0.3 is 0 Å². The summed E-state index contributed by atoms with van der Waals surface area (Å²) in [6, 6.07) is 9.96. The quantitative estimate of drug-likeness (QED) is 0.862. The fourth-order valence-corrected chi connectivity index (χ4v) is 2.21. The van der Waals surface area contributed by atoms with E-state index in [0.29, 0.717) is 24.7 Å². The average Bonchev–Trinajstić information content (AvgIpc) is 2.85. The highest BCUT2D eigenvalue weighted by atomic mass is 19.1. The summed E-state index contributed by atoms with van der Waals surface area (Å²) >= 11 is 0. The molecule has 0 spiro atoms. The molecule has 1 heterocycles. The molecule has 0 amide bonds. The van der Waals surface area contributed by atoms with Gasteiger partial charge in [-0.2, -0.15) is 0 Å². The van der Waals surface area contributed by atoms with E-state index in [2.05, 4.69) is 0 Å². The van der Waals surface area contributed by atoms with Gasteiger partial charge in [-0.25, -0.2) is 4.39 Å². The number of fused-ring (bicyclic) bond motifs is 1. The molecular formula is C15H14FNO2. The smallest absolute Gasteiger partial charge is 0.145 e. The minimum atomic E-state index is -0.306. The van der Waals surface area contributed by atoms with Gasteiger partial charge < -0.3 is 15.2 Å². The molecule has 3 rings (SSSR count). The zero-order chi connectivity index (χ0) is 13.2. The molecule has 0 unspecified atom stereocenters. The summed E-state index contributed by atoms with van der Waals surface area (Å²) < 4.78 is 24.0. The van der Waals surface area contributed by atoms with Crippen LogP contribution in [0.3, 0.4) is 0 Å². The van der Waals surface area contributed by atoms with Crippen LogP contribution in [0.1, 0.15) is 11.1 Å². The maximum Gasteiger partial charge on any atom is 0.145 e. The zero-order valence-corrected chi connectivity index (χ0v) is 10.4. The molecule has 19 heavy (non-hydrogen) atoms. The summed E-state index contributed by atoms with van der Waals surface area (Å²) in [5.74, 6) is 0.990. The lowest BCUT2D eigenvalue weighted by atomic mass is 10.1. The van der Waals surface area contributed by atoms with Gasteiger partial charge in [-0.1, -0.05) is 6.07 Å². The Morgan fingerprint density at radius 1 is 1.26 bits per heavy atom. The molecule has 98 valence electrons. The van der Waals surface area contributed by atoms with Crippen LogP contribution in [0.4, 0.5) is 10.1 Å². The Kier molecular flexibility index (Phi) is 2.99. The molecule has 0 saturated heterocycles. The molecule has 1 aliphatic rings. The van der Waals surface area contributed by atoms with Crippen LogP contribution < -0.4 is 15.2 Å². The molecule has 2 N–H and O–H groups in total. The molecule has 2 aromatic carbocycles. The standard InChI is InChI=1S/C15H14FNO2/c16-12-2-1-3-13(8-12)19-9-10-6-11-4-5-18-15(11)14(17)7-10/h1-3,6-8H,4-5,9,17H2. The lowest BCUT2D eigenvalue weighted by Gasteiger charge is -2.09. The molecule has 0 saturated carbocycles. The molecule has 0 atom stereocenters. The van der Waals surface area contributed by atoms with Crippen molar-refractivity contribution in [1.29, 1.82) is 0 Å². The highest BCUT2D eigenvalue weighted by Crippen LogP contribution is 2.33. The first-order valence-electron chi connectivity index (χ1n) is 6.15. The minimum Gasteiger partial charge on any atom is -0.491 e. The van der Waals surface area contributed by atoms with Crippen LogP contribution in [0.2, 0.25) is 0 Å². The molecule has 2 aromatic rings. The van der Waals surface area contributed by atoms with Crippen molar-refractivity contribution in [2.75, 3.05) is 12.3 Å². The Balaban J connectivity index is 1.76. The van der Waals surface area contributed by atoms with Gasteiger partial charge in [-0.15, -0.1) is 0 Å². The maximum absolute atomic E-state index is 13.0. The van der Waals surface area contributed by atoms with Crippen LogP contribution in [0.15, 0.2) is 36.4 Å². The van der Waals surface area contributed by atoms with Gasteiger partial charge in [-0.05, 0) is 29.8 Å². The van der Waals surface area contributed by atoms with Crippen molar-refractivity contribution in [2.24, 2.45) is 0 Å². The van der Waals surface area contributed by atoms with Gasteiger partial charge in [0.25, 0.3) is 0 Å². The summed E-state index contributed by atoms with van der Waals surface area (Å²) in [6.45, 7) is 1.04. The zero-order valence-electron chi connectivity index (χ0n) is 10.4. The van der Waals surface area contributed by atoms with Crippen molar-refractivity contribution < 1.29 is 13.9 Å². The van der Waals surface area contributed by atoms with Gasteiger partial charge in [-0.3, -0.25) is 0 Å². The summed E-state index contributed by atoms with van der Waals surface area (Å²) in [5, 5.41) is 0. The number of nitrogens with two attached hydrogens (primary N) is 1. The van der Waals surface area contributed by atoms with Gasteiger partial charge in [0.2, 0.25) is 0 Å². The number of nitrogen functional groups attached to an aromatic ring is 1. The van der Waals surface area contributed by atoms with Crippen LogP contribution >= 0.6 is 0 Å². The second-order valence-corrected chi connectivity index (χ2v) is 4.52. The molecule has 1 aliphatic heterocycles. The van der Waals surface area contributed by atoms with Crippen molar-refractivity contribution >= 4 is 5.69 Å². The molecule has 0 bridgehead atoms. The van der Waals surface area contributed by atoms with Crippen molar-refractivity contribution in [2.45, 2.75) is 13.0 Å². The lowest BCUT2D eigenvalue weighted by molar-refractivity contribution is 0.304. The number of anilines is 1. The van der Waals surface area contributed by atoms with Crippen LogP contribution in [-0.2, 0) is 13.0 Å². The lowest BCUT2D eigenvalue weighted by Crippen LogP contribution is -1.99. The van der Waals surface area contributed by atoms with E-state index in [0.717, 1.165) is 23.3 Å². The predicted octanol–water partition coefficient (Wildman–Crippen LogP) is 2.92. The molecule has 4 heteroatoms. The predicted molar refractivity (Wildman–Crippen MR) is 70.8 cm³/mol. The normalized spacial score (nSPS) is 12.9. The van der Waals surface area contributed by atoms with Crippen LogP contribution in [-0.4, -0.2) is 6.61 Å². The van der Waals surface area contributed by atoms with Crippen LogP contribution in [0.25, 0.3) is 0 Å². The molecule has 0 radical (unpaired) electrons. The third-order valence-electron chi connectivity index (χ3n) is 3.07. The van der Waals surface area contributed by atoms with Gasteiger partial charge in [0.05, 0.1) is 12.3 Å². The van der Waals surface area contributed by atoms with Crippen molar-refractivity contribution in [3.8, 4) is 11.5 Å². The molecule has 0 aromatic heterocycles. The fourth-order valence-electron chi connectivity index (χ4n) is 2.21. The van der Waals surface area contributed by atoms with E-state index in [4.69, 9.17) is 15.2 Å². The van der Waals surface area contributed by atoms with Crippen LogP contribution in [0.5, 0.6) is 11.5 Å². The second-order valence-electron chi connectivity index (χ2n) is 4.52. The second kappa shape index (κ2) is 4.80. The largest absolute Gasteiger partial charge is 0.491 e. The topological polar surface area (TPSA) is 44.5 Å². The van der Waals surface area contributed by atoms with E-state index in [1.807, 2.05) is 12.1 Å². The number of ether oxygens (including phenoxy) is 2. The third-order valence-corrected chi connectivity index (χ3v) is 3.07. The highest BCUT2D eigenvalue weighted by Gasteiger charge is 2.16. The SMILES string of the molecule is Nc1cc(COc2cccc(F)c2)cc2c1OCC2. The van der Waals surface area contributed by atoms with E-state index in [1.165, 1.54) is 12.1 Å². The Morgan fingerprint density at radius 3 is 3.00 bits per heavy atom. The number of benzene rings is 2. The first kappa shape index (κ1) is 11.8. The molecule has 0 fully saturated rings. The van der Waals surface area contributed by atoms with Crippen LogP contribution in [0, 0.1) is 5.82 Å². The van der Waals surface area contributed by atoms with Gasteiger partial charge in [0.1, 0.15) is 23.9 Å². The first-order chi connectivity index (χ1) is 9.22. The summed E-state index contributed by atoms with van der Waals surface area (Å²) in [7, 11) is 0. The van der Waals surface area contributed by atoms with E-state index < -0.39 is 0 Å².